The van der Waals surface area contributed by atoms with Gasteiger partial charge in [-0.15, -0.1) is 0 Å². The van der Waals surface area contributed by atoms with Gasteiger partial charge in [-0.25, -0.2) is 9.97 Å². The van der Waals surface area contributed by atoms with Crippen molar-refractivity contribution in [3.63, 3.8) is 0 Å². The van der Waals surface area contributed by atoms with Crippen LogP contribution in [0, 0.1) is 5.92 Å². The van der Waals surface area contributed by atoms with Gasteiger partial charge in [-0.3, -0.25) is 14.0 Å². The standard InChI is InChI=1S/C17H23N5O2/c23-15(11-13-5-2-1-3-6-13)18-8-9-19-16(24)14-12-22-10-4-7-20-17(22)21-14/h4,7,10,12-13H,1-3,5-6,8-9,11H2,(H,18,23)(H,19,24). The van der Waals surface area contributed by atoms with Gasteiger partial charge < -0.3 is 10.6 Å². The van der Waals surface area contributed by atoms with Crippen LogP contribution in [0.3, 0.4) is 0 Å². The summed E-state index contributed by atoms with van der Waals surface area (Å²) < 4.78 is 1.70. The smallest absolute Gasteiger partial charge is 0.271 e. The summed E-state index contributed by atoms with van der Waals surface area (Å²) in [4.78, 5) is 32.2. The second kappa shape index (κ2) is 7.90. The average Bonchev–Trinajstić information content (AvgIpc) is 3.04. The molecule has 0 bridgehead atoms. The van der Waals surface area contributed by atoms with Gasteiger partial charge in [0.25, 0.3) is 5.91 Å². The molecule has 0 unspecified atom stereocenters. The van der Waals surface area contributed by atoms with E-state index >= 15 is 0 Å². The molecule has 2 aromatic rings. The number of fused-ring (bicyclic) bond motifs is 1. The Morgan fingerprint density at radius 1 is 1.17 bits per heavy atom. The van der Waals surface area contributed by atoms with Crippen molar-refractivity contribution in [1.29, 1.82) is 0 Å². The molecule has 128 valence electrons. The second-order valence-corrected chi connectivity index (χ2v) is 6.27. The summed E-state index contributed by atoms with van der Waals surface area (Å²) in [6, 6.07) is 1.78. The Hall–Kier alpha value is -2.44. The van der Waals surface area contributed by atoms with Crippen molar-refractivity contribution < 1.29 is 9.59 Å². The Morgan fingerprint density at radius 3 is 2.75 bits per heavy atom. The van der Waals surface area contributed by atoms with Gasteiger partial charge in [-0.05, 0) is 24.8 Å². The summed E-state index contributed by atoms with van der Waals surface area (Å²) in [5.41, 5.74) is 0.322. The van der Waals surface area contributed by atoms with Gasteiger partial charge in [0.2, 0.25) is 11.7 Å². The van der Waals surface area contributed by atoms with Gasteiger partial charge in [-0.2, -0.15) is 0 Å². The highest BCUT2D eigenvalue weighted by Crippen LogP contribution is 2.25. The number of nitrogens with zero attached hydrogens (tertiary/aromatic N) is 3. The van der Waals surface area contributed by atoms with Crippen LogP contribution in [0.4, 0.5) is 0 Å². The molecule has 0 radical (unpaired) electrons. The second-order valence-electron chi connectivity index (χ2n) is 6.27. The van der Waals surface area contributed by atoms with E-state index in [4.69, 9.17) is 0 Å². The fraction of sp³-hybridized carbons (Fsp3) is 0.529. The van der Waals surface area contributed by atoms with Gasteiger partial charge in [0, 0.05) is 38.1 Å². The minimum absolute atomic E-state index is 0.0769. The molecule has 2 N–H and O–H groups in total. The lowest BCUT2D eigenvalue weighted by atomic mass is 9.87. The van der Waals surface area contributed by atoms with E-state index in [9.17, 15) is 9.59 Å². The van der Waals surface area contributed by atoms with Crippen LogP contribution in [-0.4, -0.2) is 39.3 Å². The number of hydrogen-bond acceptors (Lipinski definition) is 4. The zero-order valence-corrected chi connectivity index (χ0v) is 13.7. The molecule has 7 heteroatoms. The van der Waals surface area contributed by atoms with Crippen molar-refractivity contribution in [2.24, 2.45) is 5.92 Å². The van der Waals surface area contributed by atoms with E-state index in [1.807, 2.05) is 0 Å². The molecular weight excluding hydrogens is 306 g/mol. The van der Waals surface area contributed by atoms with Crippen LogP contribution in [0.2, 0.25) is 0 Å². The molecule has 7 nitrogen and oxygen atoms in total. The Labute approximate surface area is 140 Å². The number of aromatic nitrogens is 3. The van der Waals surface area contributed by atoms with Gasteiger partial charge in [-0.1, -0.05) is 19.3 Å². The Bertz CT molecular complexity index is 673. The molecule has 3 rings (SSSR count). The molecule has 0 spiro atoms. The van der Waals surface area contributed by atoms with Crippen LogP contribution in [0.5, 0.6) is 0 Å². The van der Waals surface area contributed by atoms with Gasteiger partial charge >= 0.3 is 0 Å². The summed E-state index contributed by atoms with van der Waals surface area (Å²) in [5, 5.41) is 5.63. The van der Waals surface area contributed by atoms with Crippen LogP contribution < -0.4 is 10.6 Å². The SMILES string of the molecule is O=C(CC1CCCCC1)NCCNC(=O)c1cn2cccnc2n1. The largest absolute Gasteiger partial charge is 0.354 e. The minimum atomic E-state index is -0.262. The number of rotatable bonds is 6. The van der Waals surface area contributed by atoms with Gasteiger partial charge in [0.05, 0.1) is 0 Å². The van der Waals surface area contributed by atoms with E-state index in [0.29, 0.717) is 36.9 Å². The molecule has 1 fully saturated rings. The highest BCUT2D eigenvalue weighted by atomic mass is 16.2. The molecule has 24 heavy (non-hydrogen) atoms. The van der Waals surface area contributed by atoms with Crippen LogP contribution in [0.15, 0.2) is 24.7 Å². The summed E-state index contributed by atoms with van der Waals surface area (Å²) >= 11 is 0. The normalized spacial score (nSPS) is 15.3. The first kappa shape index (κ1) is 16.4. The van der Waals surface area contributed by atoms with Crippen molar-refractivity contribution >= 4 is 17.6 Å². The van der Waals surface area contributed by atoms with E-state index in [1.54, 1.807) is 29.1 Å². The van der Waals surface area contributed by atoms with E-state index in [0.717, 1.165) is 12.8 Å². The fourth-order valence-electron chi connectivity index (χ4n) is 3.13. The third-order valence-electron chi connectivity index (χ3n) is 4.40. The summed E-state index contributed by atoms with van der Waals surface area (Å²) in [6.07, 6.45) is 11.7. The molecular formula is C17H23N5O2. The summed E-state index contributed by atoms with van der Waals surface area (Å²) in [5.74, 6) is 0.831. The maximum Gasteiger partial charge on any atom is 0.271 e. The van der Waals surface area contributed by atoms with Crippen molar-refractivity contribution in [1.82, 2.24) is 25.0 Å². The first-order chi connectivity index (χ1) is 11.7. The maximum atomic E-state index is 12.0. The predicted molar refractivity (Wildman–Crippen MR) is 89.5 cm³/mol. The van der Waals surface area contributed by atoms with E-state index < -0.39 is 0 Å². The number of carbonyl (C=O) groups is 2. The molecule has 2 amide bonds. The van der Waals surface area contributed by atoms with Crippen LogP contribution >= 0.6 is 0 Å². The molecule has 0 atom stereocenters. The molecule has 1 saturated carbocycles. The molecule has 1 aliphatic rings. The Balaban J connectivity index is 1.38. The number of carbonyl (C=O) groups excluding carboxylic acids is 2. The molecule has 0 aliphatic heterocycles. The van der Waals surface area contributed by atoms with Crippen LogP contribution in [0.1, 0.15) is 49.0 Å². The lowest BCUT2D eigenvalue weighted by Crippen LogP contribution is -2.35. The average molecular weight is 329 g/mol. The first-order valence-corrected chi connectivity index (χ1v) is 8.57. The van der Waals surface area contributed by atoms with E-state index in [-0.39, 0.29) is 11.8 Å². The van der Waals surface area contributed by atoms with Crippen molar-refractivity contribution in [3.8, 4) is 0 Å². The monoisotopic (exact) mass is 329 g/mol. The molecule has 0 aromatic carbocycles. The molecule has 0 saturated heterocycles. The van der Waals surface area contributed by atoms with Crippen molar-refractivity contribution in [2.45, 2.75) is 38.5 Å². The fourth-order valence-corrected chi connectivity index (χ4v) is 3.13. The first-order valence-electron chi connectivity index (χ1n) is 8.57. The number of amides is 2. The quantitative estimate of drug-likeness (QED) is 0.787. The topological polar surface area (TPSA) is 88.4 Å². The summed E-state index contributed by atoms with van der Waals surface area (Å²) in [6.45, 7) is 0.819. The number of nitrogens with one attached hydrogen (secondary N) is 2. The highest BCUT2D eigenvalue weighted by Gasteiger charge is 2.16. The number of hydrogen-bond donors (Lipinski definition) is 2. The Morgan fingerprint density at radius 2 is 1.96 bits per heavy atom. The Kier molecular flexibility index (Phi) is 5.40. The molecule has 2 heterocycles. The number of imidazole rings is 1. The third kappa shape index (κ3) is 4.31. The van der Waals surface area contributed by atoms with Crippen molar-refractivity contribution in [3.05, 3.63) is 30.4 Å². The minimum Gasteiger partial charge on any atom is -0.354 e. The molecule has 1 aliphatic carbocycles. The third-order valence-corrected chi connectivity index (χ3v) is 4.40. The predicted octanol–water partition coefficient (Wildman–Crippen LogP) is 1.55. The van der Waals surface area contributed by atoms with E-state index in [2.05, 4.69) is 20.6 Å². The lowest BCUT2D eigenvalue weighted by molar-refractivity contribution is -0.122. The zero-order chi connectivity index (χ0) is 16.8. The van der Waals surface area contributed by atoms with Crippen LogP contribution in [-0.2, 0) is 4.79 Å². The maximum absolute atomic E-state index is 12.0. The zero-order valence-electron chi connectivity index (χ0n) is 13.7. The highest BCUT2D eigenvalue weighted by molar-refractivity contribution is 5.92. The van der Waals surface area contributed by atoms with Crippen LogP contribution in [0.25, 0.3) is 5.78 Å². The van der Waals surface area contributed by atoms with Gasteiger partial charge in [0.1, 0.15) is 5.69 Å². The lowest BCUT2D eigenvalue weighted by Gasteiger charge is -2.20. The summed E-state index contributed by atoms with van der Waals surface area (Å²) in [7, 11) is 0. The van der Waals surface area contributed by atoms with Crippen molar-refractivity contribution in [2.75, 3.05) is 13.1 Å². The van der Waals surface area contributed by atoms with E-state index in [1.165, 1.54) is 19.3 Å². The molecule has 2 aromatic heterocycles. The van der Waals surface area contributed by atoms with Gasteiger partial charge in [0.15, 0.2) is 0 Å².